The number of nitrogens with one attached hydrogen (secondary N) is 1. The third-order valence-electron chi connectivity index (χ3n) is 7.75. The number of benzene rings is 1. The molecule has 3 nitrogen and oxygen atoms in total. The zero-order chi connectivity index (χ0) is 15.5. The molecule has 0 radical (unpaired) electrons. The smallest absolute Gasteiger partial charge is 0.310 e. The number of halogens is 1. The van der Waals surface area contributed by atoms with E-state index in [4.69, 9.17) is 4.74 Å². The molecule has 6 saturated carbocycles. The highest BCUT2D eigenvalue weighted by molar-refractivity contribution is 5.75. The molecule has 0 aliphatic heterocycles. The number of hydrogen-bond acceptors (Lipinski definition) is 3. The first-order valence-electron chi connectivity index (χ1n) is 8.78. The highest BCUT2D eigenvalue weighted by Gasteiger charge is 2.91. The third kappa shape index (κ3) is 1.39. The summed E-state index contributed by atoms with van der Waals surface area (Å²) in [5.41, 5.74) is 1.07. The van der Waals surface area contributed by atoms with Crippen LogP contribution in [0.15, 0.2) is 24.3 Å². The second-order valence-electron chi connectivity index (χ2n) is 8.20. The molecule has 8 unspecified atom stereocenters. The standard InChI is InChI=1S/C19H20FNO2/c1-23-19(22)17-15-11-9-10-12(15)14(10)16(13(9)11)18(17)21-6-7-2-4-8(20)5-3-7/h2-5,9-18,21H,6H2,1H3. The van der Waals surface area contributed by atoms with Gasteiger partial charge in [0.15, 0.2) is 0 Å². The lowest BCUT2D eigenvalue weighted by atomic mass is 9.61. The Morgan fingerprint density at radius 2 is 1.57 bits per heavy atom. The van der Waals surface area contributed by atoms with Crippen molar-refractivity contribution in [3.63, 3.8) is 0 Å². The summed E-state index contributed by atoms with van der Waals surface area (Å²) in [7, 11) is 1.52. The Balaban J connectivity index is 1.28. The summed E-state index contributed by atoms with van der Waals surface area (Å²) in [5.74, 6) is 6.34. The number of carbonyl (C=O) groups is 1. The molecule has 6 aliphatic carbocycles. The highest BCUT2D eigenvalue weighted by atomic mass is 19.1. The molecule has 1 aromatic rings. The molecule has 0 aromatic heterocycles. The second-order valence-corrected chi connectivity index (χ2v) is 8.20. The van der Waals surface area contributed by atoms with Crippen LogP contribution in [-0.4, -0.2) is 19.1 Å². The highest BCUT2D eigenvalue weighted by Crippen LogP contribution is 2.92. The van der Waals surface area contributed by atoms with Gasteiger partial charge in [0.05, 0.1) is 13.0 Å². The van der Waals surface area contributed by atoms with Crippen molar-refractivity contribution in [1.29, 1.82) is 0 Å². The maximum absolute atomic E-state index is 13.1. The zero-order valence-electron chi connectivity index (χ0n) is 13.0. The average Bonchev–Trinajstić information content (AvgIpc) is 3.42. The normalized spacial score (nSPS) is 52.4. The molecule has 0 saturated heterocycles. The molecular formula is C19H20FNO2. The van der Waals surface area contributed by atoms with Crippen LogP contribution in [0.1, 0.15) is 5.56 Å². The van der Waals surface area contributed by atoms with Gasteiger partial charge in [0.25, 0.3) is 0 Å². The van der Waals surface area contributed by atoms with Crippen LogP contribution in [0.25, 0.3) is 0 Å². The summed E-state index contributed by atoms with van der Waals surface area (Å²) in [4.78, 5) is 12.4. The van der Waals surface area contributed by atoms with E-state index in [9.17, 15) is 9.18 Å². The van der Waals surface area contributed by atoms with Crippen LogP contribution in [-0.2, 0) is 16.1 Å². The van der Waals surface area contributed by atoms with E-state index < -0.39 is 0 Å². The summed E-state index contributed by atoms with van der Waals surface area (Å²) in [6, 6.07) is 6.89. The molecule has 7 rings (SSSR count). The first-order chi connectivity index (χ1) is 11.2. The van der Waals surface area contributed by atoms with Crippen molar-refractivity contribution in [2.45, 2.75) is 12.6 Å². The minimum Gasteiger partial charge on any atom is -0.469 e. The Labute approximate surface area is 134 Å². The fourth-order valence-corrected chi connectivity index (χ4v) is 7.34. The first-order valence-corrected chi connectivity index (χ1v) is 8.78. The summed E-state index contributed by atoms with van der Waals surface area (Å²) >= 11 is 0. The van der Waals surface area contributed by atoms with Crippen LogP contribution in [0.3, 0.4) is 0 Å². The zero-order valence-corrected chi connectivity index (χ0v) is 13.0. The van der Waals surface area contributed by atoms with Gasteiger partial charge in [-0.25, -0.2) is 4.39 Å². The van der Waals surface area contributed by atoms with Crippen molar-refractivity contribution < 1.29 is 13.9 Å². The lowest BCUT2D eigenvalue weighted by Crippen LogP contribution is -2.57. The Morgan fingerprint density at radius 3 is 2.17 bits per heavy atom. The van der Waals surface area contributed by atoms with Crippen molar-refractivity contribution in [1.82, 2.24) is 5.32 Å². The van der Waals surface area contributed by atoms with Crippen molar-refractivity contribution in [3.8, 4) is 0 Å². The van der Waals surface area contributed by atoms with E-state index in [1.807, 2.05) is 12.1 Å². The largest absolute Gasteiger partial charge is 0.469 e. The SMILES string of the molecule is COC(=O)C1C(NCc2ccc(F)cc2)C2C3C4C1C1C2C1C34. The van der Waals surface area contributed by atoms with Gasteiger partial charge in [0.1, 0.15) is 5.82 Å². The fourth-order valence-electron chi connectivity index (χ4n) is 7.34. The molecule has 4 heteroatoms. The fraction of sp³-hybridized carbons (Fsp3) is 0.632. The van der Waals surface area contributed by atoms with Crippen LogP contribution in [0.2, 0.25) is 0 Å². The maximum atomic E-state index is 13.1. The molecular weight excluding hydrogens is 293 g/mol. The van der Waals surface area contributed by atoms with Gasteiger partial charge in [0.2, 0.25) is 0 Å². The minimum atomic E-state index is -0.205. The Hall–Kier alpha value is -1.42. The molecule has 6 aliphatic rings. The number of methoxy groups -OCH3 is 1. The van der Waals surface area contributed by atoms with Crippen molar-refractivity contribution in [3.05, 3.63) is 35.6 Å². The lowest BCUT2D eigenvalue weighted by molar-refractivity contribution is -0.154. The average molecular weight is 313 g/mol. The quantitative estimate of drug-likeness (QED) is 0.865. The maximum Gasteiger partial charge on any atom is 0.310 e. The molecule has 1 aromatic carbocycles. The number of rotatable bonds is 4. The van der Waals surface area contributed by atoms with Crippen molar-refractivity contribution >= 4 is 5.97 Å². The Morgan fingerprint density at radius 1 is 1.00 bits per heavy atom. The van der Waals surface area contributed by atoms with Crippen LogP contribution < -0.4 is 5.32 Å². The molecule has 0 heterocycles. The molecule has 120 valence electrons. The predicted octanol–water partition coefficient (Wildman–Crippen LogP) is 2.07. The topological polar surface area (TPSA) is 38.3 Å². The Kier molecular flexibility index (Phi) is 2.23. The number of carbonyl (C=O) groups excluding carboxylic acids is 1. The van der Waals surface area contributed by atoms with Gasteiger partial charge in [-0.15, -0.1) is 0 Å². The number of hydrogen-bond donors (Lipinski definition) is 1. The molecule has 2 bridgehead atoms. The van der Waals surface area contributed by atoms with Crippen molar-refractivity contribution in [2.75, 3.05) is 7.11 Å². The van der Waals surface area contributed by atoms with Crippen LogP contribution in [0, 0.1) is 59.1 Å². The molecule has 6 fully saturated rings. The van der Waals surface area contributed by atoms with E-state index in [1.54, 1.807) is 0 Å². The van der Waals surface area contributed by atoms with Gasteiger partial charge in [-0.1, -0.05) is 12.1 Å². The summed E-state index contributed by atoms with van der Waals surface area (Å²) in [5, 5.41) is 3.66. The van der Waals surface area contributed by atoms with E-state index in [-0.39, 0.29) is 23.7 Å². The van der Waals surface area contributed by atoms with Gasteiger partial charge in [-0.3, -0.25) is 4.79 Å². The number of ether oxygens (including phenoxy) is 1. The van der Waals surface area contributed by atoms with E-state index in [0.717, 1.165) is 41.1 Å². The molecule has 23 heavy (non-hydrogen) atoms. The molecule has 0 spiro atoms. The molecule has 0 amide bonds. The van der Waals surface area contributed by atoms with Crippen LogP contribution >= 0.6 is 0 Å². The third-order valence-corrected chi connectivity index (χ3v) is 7.75. The summed E-state index contributed by atoms with van der Waals surface area (Å²) < 4.78 is 18.2. The van der Waals surface area contributed by atoms with Gasteiger partial charge < -0.3 is 10.1 Å². The summed E-state index contributed by atoms with van der Waals surface area (Å²) in [6.07, 6.45) is 0. The van der Waals surface area contributed by atoms with Crippen LogP contribution in [0.5, 0.6) is 0 Å². The Bertz CT molecular complexity index is 682. The van der Waals surface area contributed by atoms with Crippen LogP contribution in [0.4, 0.5) is 4.39 Å². The lowest BCUT2D eigenvalue weighted by Gasteiger charge is -2.46. The van der Waals surface area contributed by atoms with Gasteiger partial charge in [-0.05, 0) is 65.0 Å². The summed E-state index contributed by atoms with van der Waals surface area (Å²) in [6.45, 7) is 0.700. The minimum absolute atomic E-state index is 0.0216. The van der Waals surface area contributed by atoms with E-state index in [0.29, 0.717) is 18.4 Å². The first kappa shape index (κ1) is 12.9. The number of esters is 1. The molecule has 1 N–H and O–H groups in total. The second kappa shape index (κ2) is 3.97. The number of fused-ring (bicyclic) bond motifs is 1. The monoisotopic (exact) mass is 313 g/mol. The van der Waals surface area contributed by atoms with E-state index >= 15 is 0 Å². The van der Waals surface area contributed by atoms with Crippen molar-refractivity contribution in [2.24, 2.45) is 53.3 Å². The molecule has 8 atom stereocenters. The van der Waals surface area contributed by atoms with Gasteiger partial charge >= 0.3 is 5.97 Å². The van der Waals surface area contributed by atoms with Gasteiger partial charge in [-0.2, -0.15) is 0 Å². The van der Waals surface area contributed by atoms with Gasteiger partial charge in [0, 0.05) is 12.6 Å². The van der Waals surface area contributed by atoms with E-state index in [2.05, 4.69) is 5.32 Å². The predicted molar refractivity (Wildman–Crippen MR) is 80.5 cm³/mol. The van der Waals surface area contributed by atoms with E-state index in [1.165, 1.54) is 19.2 Å².